The first kappa shape index (κ1) is 18.8. The lowest BCUT2D eigenvalue weighted by atomic mass is 10.1. The molecule has 0 radical (unpaired) electrons. The first-order valence-corrected chi connectivity index (χ1v) is 8.09. The van der Waals surface area contributed by atoms with Crippen LogP contribution in [0.4, 0.5) is 15.8 Å². The van der Waals surface area contributed by atoms with Gasteiger partial charge in [-0.15, -0.1) is 0 Å². The van der Waals surface area contributed by atoms with Crippen molar-refractivity contribution < 1.29 is 23.8 Å². The summed E-state index contributed by atoms with van der Waals surface area (Å²) in [6.45, 7) is 1.62. The molecule has 2 aromatic carbocycles. The van der Waals surface area contributed by atoms with Crippen LogP contribution < -0.4 is 15.4 Å². The number of aryl methyl sites for hydroxylation is 1. The molecule has 28 heavy (non-hydrogen) atoms. The van der Waals surface area contributed by atoms with E-state index in [0.29, 0.717) is 23.5 Å². The fourth-order valence-corrected chi connectivity index (χ4v) is 2.39. The highest BCUT2D eigenvalue weighted by molar-refractivity contribution is 6.07. The van der Waals surface area contributed by atoms with Crippen LogP contribution in [0, 0.1) is 13.0 Å². The van der Waals surface area contributed by atoms with Crippen molar-refractivity contribution in [2.45, 2.75) is 6.92 Å². The minimum atomic E-state index is -0.884. The SMILES string of the molecule is Cc1cc(Oc2ccc(NC(=O)c3cccc(NC=O)c3O)cc2)nc(F)n1. The van der Waals surface area contributed by atoms with Crippen LogP contribution in [0.15, 0.2) is 48.5 Å². The van der Waals surface area contributed by atoms with Crippen LogP contribution in [0.3, 0.4) is 0 Å². The number of nitrogens with zero attached hydrogens (tertiary/aromatic N) is 2. The highest BCUT2D eigenvalue weighted by atomic mass is 19.1. The maximum Gasteiger partial charge on any atom is 0.312 e. The molecule has 1 heterocycles. The number of amides is 2. The average Bonchev–Trinajstić information content (AvgIpc) is 2.64. The van der Waals surface area contributed by atoms with E-state index in [1.54, 1.807) is 31.2 Å². The van der Waals surface area contributed by atoms with E-state index in [2.05, 4.69) is 20.6 Å². The van der Waals surface area contributed by atoms with Crippen molar-refractivity contribution >= 4 is 23.7 Å². The monoisotopic (exact) mass is 382 g/mol. The van der Waals surface area contributed by atoms with Crippen LogP contribution >= 0.6 is 0 Å². The Kier molecular flexibility index (Phi) is 5.45. The fraction of sp³-hybridized carbons (Fsp3) is 0.0526. The number of carbonyl (C=O) groups excluding carboxylic acids is 2. The molecule has 0 spiro atoms. The molecule has 0 saturated carbocycles. The van der Waals surface area contributed by atoms with Gasteiger partial charge in [-0.25, -0.2) is 4.98 Å². The lowest BCUT2D eigenvalue weighted by Crippen LogP contribution is -2.12. The van der Waals surface area contributed by atoms with Gasteiger partial charge in [0.2, 0.25) is 12.3 Å². The minimum Gasteiger partial charge on any atom is -0.505 e. The van der Waals surface area contributed by atoms with Gasteiger partial charge in [0.25, 0.3) is 5.91 Å². The molecule has 9 heteroatoms. The van der Waals surface area contributed by atoms with E-state index in [0.717, 1.165) is 0 Å². The van der Waals surface area contributed by atoms with Gasteiger partial charge >= 0.3 is 6.08 Å². The van der Waals surface area contributed by atoms with Crippen LogP contribution in [-0.4, -0.2) is 27.4 Å². The lowest BCUT2D eigenvalue weighted by molar-refractivity contribution is -0.105. The molecular weight excluding hydrogens is 367 g/mol. The summed E-state index contributed by atoms with van der Waals surface area (Å²) in [6.07, 6.45) is -0.481. The number of aromatic hydroxyl groups is 1. The van der Waals surface area contributed by atoms with E-state index in [9.17, 15) is 19.1 Å². The van der Waals surface area contributed by atoms with E-state index in [1.807, 2.05) is 0 Å². The number of phenols is 1. The predicted octanol–water partition coefficient (Wildman–Crippen LogP) is 3.24. The zero-order chi connectivity index (χ0) is 20.1. The Balaban J connectivity index is 1.71. The molecule has 1 aromatic heterocycles. The zero-order valence-electron chi connectivity index (χ0n) is 14.6. The second-order valence-electron chi connectivity index (χ2n) is 5.66. The summed E-state index contributed by atoms with van der Waals surface area (Å²) in [5, 5.41) is 15.0. The smallest absolute Gasteiger partial charge is 0.312 e. The number of carbonyl (C=O) groups is 2. The Morgan fingerprint density at radius 2 is 1.93 bits per heavy atom. The average molecular weight is 382 g/mol. The number of phenolic OH excluding ortho intramolecular Hbond substituents is 1. The van der Waals surface area contributed by atoms with Crippen LogP contribution in [-0.2, 0) is 4.79 Å². The Morgan fingerprint density at radius 1 is 1.18 bits per heavy atom. The van der Waals surface area contributed by atoms with Gasteiger partial charge in [0, 0.05) is 17.4 Å². The third kappa shape index (κ3) is 4.39. The molecule has 0 aliphatic rings. The number of aromatic nitrogens is 2. The maximum atomic E-state index is 13.2. The quantitative estimate of drug-likeness (QED) is 0.343. The normalized spacial score (nSPS) is 10.2. The standard InChI is InChI=1S/C19H15FN4O4/c1-11-9-16(24-19(20)22-11)28-13-7-5-12(6-8-13)23-18(27)14-3-2-4-15(17(14)26)21-10-25/h2-10,26H,1H3,(H,21,25)(H,23,27). The summed E-state index contributed by atoms with van der Waals surface area (Å²) >= 11 is 0. The number of anilines is 2. The molecule has 0 aliphatic heterocycles. The number of nitrogens with one attached hydrogen (secondary N) is 2. The number of halogens is 1. The molecule has 3 rings (SSSR count). The van der Waals surface area contributed by atoms with Gasteiger partial charge in [0.1, 0.15) is 5.75 Å². The summed E-state index contributed by atoms with van der Waals surface area (Å²) in [7, 11) is 0. The lowest BCUT2D eigenvalue weighted by Gasteiger charge is -2.10. The number of hydrogen-bond donors (Lipinski definition) is 3. The van der Waals surface area contributed by atoms with Crippen molar-refractivity contribution in [3.63, 3.8) is 0 Å². The second-order valence-corrected chi connectivity index (χ2v) is 5.66. The molecule has 3 N–H and O–H groups in total. The Bertz CT molecular complexity index is 1000. The van der Waals surface area contributed by atoms with Gasteiger partial charge in [0.15, 0.2) is 5.75 Å². The second kappa shape index (κ2) is 8.12. The molecule has 3 aromatic rings. The molecule has 0 aliphatic carbocycles. The number of ether oxygens (including phenoxy) is 1. The predicted molar refractivity (Wildman–Crippen MR) is 99.0 cm³/mol. The third-order valence-electron chi connectivity index (χ3n) is 3.63. The van der Waals surface area contributed by atoms with Crippen molar-refractivity contribution in [3.8, 4) is 17.4 Å². The summed E-state index contributed by atoms with van der Waals surface area (Å²) in [6, 6.07) is 12.2. The van der Waals surface area contributed by atoms with Gasteiger partial charge in [-0.05, 0) is 43.3 Å². The van der Waals surface area contributed by atoms with E-state index >= 15 is 0 Å². The van der Waals surface area contributed by atoms with Gasteiger partial charge in [-0.1, -0.05) is 6.07 Å². The summed E-state index contributed by atoms with van der Waals surface area (Å²) < 4.78 is 18.7. The molecule has 0 saturated heterocycles. The van der Waals surface area contributed by atoms with E-state index < -0.39 is 12.0 Å². The van der Waals surface area contributed by atoms with E-state index in [1.165, 1.54) is 24.3 Å². The van der Waals surface area contributed by atoms with E-state index in [4.69, 9.17) is 4.74 Å². The molecule has 0 fully saturated rings. The molecular formula is C19H15FN4O4. The van der Waals surface area contributed by atoms with Crippen LogP contribution in [0.1, 0.15) is 16.1 Å². The summed E-state index contributed by atoms with van der Waals surface area (Å²) in [5.74, 6) is -0.454. The number of benzene rings is 2. The summed E-state index contributed by atoms with van der Waals surface area (Å²) in [4.78, 5) is 30.0. The zero-order valence-corrected chi connectivity index (χ0v) is 14.6. The maximum absolute atomic E-state index is 13.2. The Morgan fingerprint density at radius 3 is 2.61 bits per heavy atom. The molecule has 2 amide bonds. The van der Waals surface area contributed by atoms with Crippen molar-refractivity contribution in [1.29, 1.82) is 0 Å². The van der Waals surface area contributed by atoms with Crippen molar-refractivity contribution in [2.75, 3.05) is 10.6 Å². The molecule has 142 valence electrons. The first-order chi connectivity index (χ1) is 13.5. The van der Waals surface area contributed by atoms with Gasteiger partial charge < -0.3 is 20.5 Å². The van der Waals surface area contributed by atoms with Gasteiger partial charge in [0.05, 0.1) is 11.3 Å². The fourth-order valence-electron chi connectivity index (χ4n) is 2.39. The number of para-hydroxylation sites is 1. The molecule has 0 unspecified atom stereocenters. The highest BCUT2D eigenvalue weighted by Crippen LogP contribution is 2.28. The topological polar surface area (TPSA) is 113 Å². The van der Waals surface area contributed by atoms with Crippen molar-refractivity contribution in [2.24, 2.45) is 0 Å². The van der Waals surface area contributed by atoms with Crippen molar-refractivity contribution in [3.05, 3.63) is 65.9 Å². The molecule has 0 atom stereocenters. The highest BCUT2D eigenvalue weighted by Gasteiger charge is 2.14. The Hall–Kier alpha value is -4.01. The third-order valence-corrected chi connectivity index (χ3v) is 3.63. The minimum absolute atomic E-state index is 0.000822. The van der Waals surface area contributed by atoms with Gasteiger partial charge in [-0.2, -0.15) is 9.37 Å². The molecule has 8 nitrogen and oxygen atoms in total. The Labute approximate surface area is 159 Å². The first-order valence-electron chi connectivity index (χ1n) is 8.09. The van der Waals surface area contributed by atoms with Gasteiger partial charge in [-0.3, -0.25) is 9.59 Å². The number of hydrogen-bond acceptors (Lipinski definition) is 6. The number of rotatable bonds is 6. The summed E-state index contributed by atoms with van der Waals surface area (Å²) in [5.41, 5.74) is 0.992. The molecule has 0 bridgehead atoms. The van der Waals surface area contributed by atoms with Crippen LogP contribution in [0.25, 0.3) is 0 Å². The van der Waals surface area contributed by atoms with Crippen LogP contribution in [0.5, 0.6) is 17.4 Å². The largest absolute Gasteiger partial charge is 0.505 e. The van der Waals surface area contributed by atoms with Crippen molar-refractivity contribution in [1.82, 2.24) is 9.97 Å². The van der Waals surface area contributed by atoms with Crippen LogP contribution in [0.2, 0.25) is 0 Å². The van der Waals surface area contributed by atoms with E-state index in [-0.39, 0.29) is 22.9 Å².